The van der Waals surface area contributed by atoms with Crippen molar-refractivity contribution in [3.63, 3.8) is 0 Å². The Morgan fingerprint density at radius 1 is 1.33 bits per heavy atom. The van der Waals surface area contributed by atoms with E-state index in [4.69, 9.17) is 11.6 Å². The molecule has 0 aromatic heterocycles. The topological polar surface area (TPSA) is 52.5 Å². The normalized spacial score (nSPS) is 15.5. The van der Waals surface area contributed by atoms with Gasteiger partial charge in [0.1, 0.15) is 6.10 Å². The monoisotopic (exact) mass is 283 g/mol. The van der Waals surface area contributed by atoms with E-state index in [0.29, 0.717) is 0 Å². The summed E-state index contributed by atoms with van der Waals surface area (Å²) in [6.45, 7) is 0.111. The molecule has 0 aliphatic carbocycles. The molecule has 102 valence electrons. The van der Waals surface area contributed by atoms with Crippen molar-refractivity contribution in [2.24, 2.45) is 0 Å². The minimum atomic E-state index is -4.54. The number of aliphatic hydroxyl groups excluding tert-OH is 2. The first-order valence-corrected chi connectivity index (χ1v) is 5.52. The molecular formula is C11H13ClF3NO2. The van der Waals surface area contributed by atoms with Gasteiger partial charge >= 0.3 is 6.18 Å². The molecule has 0 aliphatic heterocycles. The summed E-state index contributed by atoms with van der Waals surface area (Å²) in [5, 5.41) is 21.4. The minimum absolute atomic E-state index is 0.111. The Kier molecular flexibility index (Phi) is 4.98. The van der Waals surface area contributed by atoms with E-state index in [-0.39, 0.29) is 12.1 Å². The Bertz CT molecular complexity index is 412. The summed E-state index contributed by atoms with van der Waals surface area (Å²) in [5.41, 5.74) is -0.834. The molecule has 0 radical (unpaired) electrons. The van der Waals surface area contributed by atoms with E-state index in [1.807, 2.05) is 0 Å². The second-order valence-corrected chi connectivity index (χ2v) is 4.21. The smallest absolute Gasteiger partial charge is 0.389 e. The van der Waals surface area contributed by atoms with Crippen molar-refractivity contribution in [2.75, 3.05) is 13.6 Å². The SMILES string of the molecule is CNCC(O)C(O)c1ccc(C(F)(F)F)c(Cl)c1. The number of likely N-dealkylation sites (N-methyl/N-ethyl adjacent to an activating group) is 1. The van der Waals surface area contributed by atoms with E-state index in [1.54, 1.807) is 7.05 Å². The van der Waals surface area contributed by atoms with Crippen molar-refractivity contribution in [3.05, 3.63) is 34.3 Å². The highest BCUT2D eigenvalue weighted by atomic mass is 35.5. The van der Waals surface area contributed by atoms with Crippen LogP contribution in [-0.2, 0) is 6.18 Å². The maximum Gasteiger partial charge on any atom is 0.417 e. The molecule has 3 N–H and O–H groups in total. The zero-order chi connectivity index (χ0) is 13.9. The number of hydrogen-bond donors (Lipinski definition) is 3. The number of benzene rings is 1. The van der Waals surface area contributed by atoms with Gasteiger partial charge in [-0.3, -0.25) is 0 Å². The minimum Gasteiger partial charge on any atom is -0.389 e. The first kappa shape index (κ1) is 15.2. The third-order valence-corrected chi connectivity index (χ3v) is 2.73. The molecule has 1 rings (SSSR count). The molecule has 2 atom stereocenters. The van der Waals surface area contributed by atoms with Gasteiger partial charge in [-0.2, -0.15) is 13.2 Å². The summed E-state index contributed by atoms with van der Waals surface area (Å²) in [4.78, 5) is 0. The van der Waals surface area contributed by atoms with Crippen molar-refractivity contribution in [1.82, 2.24) is 5.32 Å². The molecule has 0 amide bonds. The van der Waals surface area contributed by atoms with Gasteiger partial charge in [0.25, 0.3) is 0 Å². The van der Waals surface area contributed by atoms with Crippen LogP contribution in [0.5, 0.6) is 0 Å². The predicted octanol–water partition coefficient (Wildman–Crippen LogP) is 1.97. The lowest BCUT2D eigenvalue weighted by Crippen LogP contribution is -2.29. The molecule has 0 fully saturated rings. The van der Waals surface area contributed by atoms with Crippen molar-refractivity contribution in [2.45, 2.75) is 18.4 Å². The number of halogens is 4. The Labute approximate surface area is 107 Å². The van der Waals surface area contributed by atoms with E-state index < -0.39 is 29.0 Å². The highest BCUT2D eigenvalue weighted by Crippen LogP contribution is 2.36. The average Bonchev–Trinajstić information content (AvgIpc) is 2.26. The zero-order valence-corrected chi connectivity index (χ0v) is 10.3. The first-order chi connectivity index (χ1) is 8.27. The van der Waals surface area contributed by atoms with E-state index in [0.717, 1.165) is 18.2 Å². The second kappa shape index (κ2) is 5.88. The van der Waals surface area contributed by atoms with E-state index >= 15 is 0 Å². The third kappa shape index (κ3) is 3.58. The molecule has 0 heterocycles. The fourth-order valence-corrected chi connectivity index (χ4v) is 1.78. The van der Waals surface area contributed by atoms with Crippen LogP contribution in [0.15, 0.2) is 18.2 Å². The Balaban J connectivity index is 2.97. The number of alkyl halides is 3. The highest BCUT2D eigenvalue weighted by molar-refractivity contribution is 6.31. The summed E-state index contributed by atoms with van der Waals surface area (Å²) in [6.07, 6.45) is -6.95. The van der Waals surface area contributed by atoms with E-state index in [2.05, 4.69) is 5.32 Å². The van der Waals surface area contributed by atoms with Crippen LogP contribution < -0.4 is 5.32 Å². The molecule has 3 nitrogen and oxygen atoms in total. The third-order valence-electron chi connectivity index (χ3n) is 2.42. The highest BCUT2D eigenvalue weighted by Gasteiger charge is 2.33. The predicted molar refractivity (Wildman–Crippen MR) is 61.3 cm³/mol. The molecule has 0 aliphatic rings. The van der Waals surface area contributed by atoms with Crippen molar-refractivity contribution in [3.8, 4) is 0 Å². The fraction of sp³-hybridized carbons (Fsp3) is 0.455. The molecule has 1 aromatic rings. The number of nitrogens with one attached hydrogen (secondary N) is 1. The van der Waals surface area contributed by atoms with Gasteiger partial charge in [-0.15, -0.1) is 0 Å². The molecule has 0 bridgehead atoms. The zero-order valence-electron chi connectivity index (χ0n) is 9.50. The molecule has 7 heteroatoms. The molecule has 18 heavy (non-hydrogen) atoms. The first-order valence-electron chi connectivity index (χ1n) is 5.14. The van der Waals surface area contributed by atoms with Crippen LogP contribution in [0, 0.1) is 0 Å². The lowest BCUT2D eigenvalue weighted by Gasteiger charge is -2.19. The van der Waals surface area contributed by atoms with Crippen LogP contribution in [0.3, 0.4) is 0 Å². The molecule has 0 saturated heterocycles. The van der Waals surface area contributed by atoms with Gasteiger partial charge in [0.15, 0.2) is 0 Å². The van der Waals surface area contributed by atoms with Gasteiger partial charge in [0, 0.05) is 6.54 Å². The molecular weight excluding hydrogens is 271 g/mol. The lowest BCUT2D eigenvalue weighted by atomic mass is 10.0. The fourth-order valence-electron chi connectivity index (χ4n) is 1.49. The van der Waals surface area contributed by atoms with Gasteiger partial charge in [0.2, 0.25) is 0 Å². The maximum absolute atomic E-state index is 12.5. The number of aliphatic hydroxyl groups is 2. The molecule has 0 spiro atoms. The van der Waals surface area contributed by atoms with E-state index in [1.165, 1.54) is 0 Å². The van der Waals surface area contributed by atoms with Gasteiger partial charge < -0.3 is 15.5 Å². The van der Waals surface area contributed by atoms with Crippen LogP contribution in [0.1, 0.15) is 17.2 Å². The number of hydrogen-bond acceptors (Lipinski definition) is 3. The summed E-state index contributed by atoms with van der Waals surface area (Å²) in [7, 11) is 1.58. The van der Waals surface area contributed by atoms with E-state index in [9.17, 15) is 23.4 Å². The molecule has 0 saturated carbocycles. The molecule has 2 unspecified atom stereocenters. The van der Waals surface area contributed by atoms with Crippen LogP contribution in [-0.4, -0.2) is 29.9 Å². The Morgan fingerprint density at radius 2 is 1.94 bits per heavy atom. The van der Waals surface area contributed by atoms with Crippen LogP contribution >= 0.6 is 11.6 Å². The second-order valence-electron chi connectivity index (χ2n) is 3.81. The van der Waals surface area contributed by atoms with Crippen molar-refractivity contribution >= 4 is 11.6 Å². The summed E-state index contributed by atoms with van der Waals surface area (Å²) in [6, 6.07) is 2.89. The quantitative estimate of drug-likeness (QED) is 0.792. The summed E-state index contributed by atoms with van der Waals surface area (Å²) in [5.74, 6) is 0. The average molecular weight is 284 g/mol. The van der Waals surface area contributed by atoms with Crippen LogP contribution in [0.4, 0.5) is 13.2 Å². The number of rotatable bonds is 4. The Morgan fingerprint density at radius 3 is 2.39 bits per heavy atom. The van der Waals surface area contributed by atoms with Gasteiger partial charge in [-0.25, -0.2) is 0 Å². The Hall–Kier alpha value is -0.820. The standard InChI is InChI=1S/C11H13ClF3NO2/c1-16-5-9(17)10(18)6-2-3-7(8(12)4-6)11(13,14)15/h2-4,9-10,16-18H,5H2,1H3. The largest absolute Gasteiger partial charge is 0.417 e. The lowest BCUT2D eigenvalue weighted by molar-refractivity contribution is -0.137. The van der Waals surface area contributed by atoms with Gasteiger partial charge in [0.05, 0.1) is 16.7 Å². The maximum atomic E-state index is 12.5. The summed E-state index contributed by atoms with van der Waals surface area (Å²) < 4.78 is 37.4. The van der Waals surface area contributed by atoms with Crippen LogP contribution in [0.2, 0.25) is 5.02 Å². The van der Waals surface area contributed by atoms with Gasteiger partial charge in [-0.05, 0) is 24.7 Å². The summed E-state index contributed by atoms with van der Waals surface area (Å²) >= 11 is 5.51. The molecule has 1 aromatic carbocycles. The van der Waals surface area contributed by atoms with Crippen molar-refractivity contribution < 1.29 is 23.4 Å². The van der Waals surface area contributed by atoms with Gasteiger partial charge in [-0.1, -0.05) is 17.7 Å². The van der Waals surface area contributed by atoms with Crippen molar-refractivity contribution in [1.29, 1.82) is 0 Å². The van der Waals surface area contributed by atoms with Crippen LogP contribution in [0.25, 0.3) is 0 Å².